The number of carbonyl (C=O) groups is 2. The number of aryl methyl sites for hydroxylation is 1. The lowest BCUT2D eigenvalue weighted by Gasteiger charge is -2.33. The first-order chi connectivity index (χ1) is 9.08. The summed E-state index contributed by atoms with van der Waals surface area (Å²) in [5.41, 5.74) is 5.72. The minimum atomic E-state index is -0.493. The van der Waals surface area contributed by atoms with Crippen LogP contribution in [0.3, 0.4) is 0 Å². The highest BCUT2D eigenvalue weighted by Gasteiger charge is 2.28. The maximum atomic E-state index is 12.4. The largest absolute Gasteiger partial charge is 0.469 e. The zero-order valence-electron chi connectivity index (χ0n) is 11.0. The lowest BCUT2D eigenvalue weighted by atomic mass is 10.0. The molecule has 104 valence electrons. The van der Waals surface area contributed by atoms with E-state index < -0.39 is 5.91 Å². The van der Waals surface area contributed by atoms with Gasteiger partial charge in [0.1, 0.15) is 12.0 Å². The van der Waals surface area contributed by atoms with Crippen LogP contribution in [0.1, 0.15) is 29.0 Å². The summed E-state index contributed by atoms with van der Waals surface area (Å²) in [6, 6.07) is 1.73. The molecule has 19 heavy (non-hydrogen) atoms. The van der Waals surface area contributed by atoms with Crippen molar-refractivity contribution in [3.8, 4) is 0 Å². The molecule has 6 nitrogen and oxygen atoms in total. The first kappa shape index (κ1) is 13.6. The average molecular weight is 265 g/mol. The van der Waals surface area contributed by atoms with Gasteiger partial charge in [-0.25, -0.2) is 0 Å². The standard InChI is InChI=1S/C13H19N3O3/c1-9-6-10(8-19-9)13(18)16(7-12(14)17)11-2-4-15-5-3-11/h6,8,11,15H,2-5,7H2,1H3,(H2,14,17). The Hall–Kier alpha value is -1.82. The van der Waals surface area contributed by atoms with E-state index in [4.69, 9.17) is 10.2 Å². The van der Waals surface area contributed by atoms with E-state index in [2.05, 4.69) is 5.32 Å². The second-order valence-corrected chi connectivity index (χ2v) is 4.83. The molecule has 0 aliphatic carbocycles. The van der Waals surface area contributed by atoms with Gasteiger partial charge in [-0.3, -0.25) is 9.59 Å². The van der Waals surface area contributed by atoms with Crippen molar-refractivity contribution >= 4 is 11.8 Å². The zero-order valence-corrected chi connectivity index (χ0v) is 11.0. The van der Waals surface area contributed by atoms with Gasteiger partial charge in [0.2, 0.25) is 5.91 Å². The Kier molecular flexibility index (Phi) is 4.21. The molecular weight excluding hydrogens is 246 g/mol. The van der Waals surface area contributed by atoms with Gasteiger partial charge < -0.3 is 20.4 Å². The maximum absolute atomic E-state index is 12.4. The number of nitrogens with one attached hydrogen (secondary N) is 1. The van der Waals surface area contributed by atoms with Crippen LogP contribution in [0.4, 0.5) is 0 Å². The summed E-state index contributed by atoms with van der Waals surface area (Å²) in [7, 11) is 0. The van der Waals surface area contributed by atoms with Crippen molar-refractivity contribution in [1.82, 2.24) is 10.2 Å². The van der Waals surface area contributed by atoms with Gasteiger partial charge in [0.15, 0.2) is 0 Å². The van der Waals surface area contributed by atoms with E-state index in [9.17, 15) is 9.59 Å². The summed E-state index contributed by atoms with van der Waals surface area (Å²) in [6.45, 7) is 3.42. The third-order valence-electron chi connectivity index (χ3n) is 3.31. The number of nitrogens with two attached hydrogens (primary N) is 1. The van der Waals surface area contributed by atoms with Crippen molar-refractivity contribution in [3.05, 3.63) is 23.7 Å². The molecule has 1 saturated heterocycles. The highest BCUT2D eigenvalue weighted by Crippen LogP contribution is 2.17. The molecule has 6 heteroatoms. The molecule has 0 bridgehead atoms. The number of hydrogen-bond acceptors (Lipinski definition) is 4. The van der Waals surface area contributed by atoms with Crippen LogP contribution in [0.15, 0.2) is 16.7 Å². The van der Waals surface area contributed by atoms with Crippen molar-refractivity contribution in [2.75, 3.05) is 19.6 Å². The summed E-state index contributed by atoms with van der Waals surface area (Å²) in [6.07, 6.45) is 3.08. The third kappa shape index (κ3) is 3.35. The first-order valence-electron chi connectivity index (χ1n) is 6.43. The normalized spacial score (nSPS) is 16.3. The molecule has 0 aromatic carbocycles. The minimum absolute atomic E-state index is 0.0479. The quantitative estimate of drug-likeness (QED) is 0.817. The highest BCUT2D eigenvalue weighted by atomic mass is 16.3. The number of piperidine rings is 1. The maximum Gasteiger partial charge on any atom is 0.257 e. The van der Waals surface area contributed by atoms with Crippen LogP contribution in [0.2, 0.25) is 0 Å². The number of nitrogens with zero attached hydrogens (tertiary/aromatic N) is 1. The molecule has 3 N–H and O–H groups in total. The molecule has 1 aromatic rings. The molecule has 0 unspecified atom stereocenters. The third-order valence-corrected chi connectivity index (χ3v) is 3.31. The van der Waals surface area contributed by atoms with E-state index in [1.807, 2.05) is 0 Å². The highest BCUT2D eigenvalue weighted by molar-refractivity contribution is 5.96. The summed E-state index contributed by atoms with van der Waals surface area (Å²) < 4.78 is 5.15. The summed E-state index contributed by atoms with van der Waals surface area (Å²) in [5, 5.41) is 3.23. The van der Waals surface area contributed by atoms with Crippen molar-refractivity contribution < 1.29 is 14.0 Å². The number of rotatable bonds is 4. The zero-order chi connectivity index (χ0) is 13.8. The lowest BCUT2D eigenvalue weighted by Crippen LogP contribution is -2.49. The number of amides is 2. The van der Waals surface area contributed by atoms with Crippen molar-refractivity contribution in [2.24, 2.45) is 5.73 Å². The number of hydrogen-bond donors (Lipinski definition) is 2. The summed E-state index contributed by atoms with van der Waals surface area (Å²) >= 11 is 0. The van der Waals surface area contributed by atoms with E-state index >= 15 is 0 Å². The predicted molar refractivity (Wildman–Crippen MR) is 69.6 cm³/mol. The SMILES string of the molecule is Cc1cc(C(=O)N(CC(N)=O)C2CCNCC2)co1. The number of furan rings is 1. The lowest BCUT2D eigenvalue weighted by molar-refractivity contribution is -0.119. The van der Waals surface area contributed by atoms with Gasteiger partial charge in [-0.2, -0.15) is 0 Å². The molecule has 2 heterocycles. The Morgan fingerprint density at radius 3 is 2.68 bits per heavy atom. The van der Waals surface area contributed by atoms with E-state index in [1.54, 1.807) is 17.9 Å². The number of primary amides is 1. The van der Waals surface area contributed by atoms with Gasteiger partial charge in [0.05, 0.1) is 12.1 Å². The van der Waals surface area contributed by atoms with E-state index in [0.717, 1.165) is 25.9 Å². The van der Waals surface area contributed by atoms with Gasteiger partial charge in [-0.05, 0) is 38.9 Å². The molecule has 0 radical (unpaired) electrons. The second kappa shape index (κ2) is 5.88. The molecule has 1 aromatic heterocycles. The van der Waals surface area contributed by atoms with Crippen LogP contribution < -0.4 is 11.1 Å². The monoisotopic (exact) mass is 265 g/mol. The van der Waals surface area contributed by atoms with E-state index in [-0.39, 0.29) is 18.5 Å². The van der Waals surface area contributed by atoms with E-state index in [1.165, 1.54) is 6.26 Å². The molecule has 0 atom stereocenters. The van der Waals surface area contributed by atoms with Crippen LogP contribution >= 0.6 is 0 Å². The Balaban J connectivity index is 2.16. The minimum Gasteiger partial charge on any atom is -0.469 e. The van der Waals surface area contributed by atoms with Crippen LogP contribution in [0.25, 0.3) is 0 Å². The Morgan fingerprint density at radius 1 is 1.47 bits per heavy atom. The summed E-state index contributed by atoms with van der Waals surface area (Å²) in [4.78, 5) is 25.2. The van der Waals surface area contributed by atoms with Crippen LogP contribution in [-0.2, 0) is 4.79 Å². The fourth-order valence-electron chi connectivity index (χ4n) is 2.37. The molecule has 2 amide bonds. The van der Waals surface area contributed by atoms with Crippen molar-refractivity contribution in [1.29, 1.82) is 0 Å². The Morgan fingerprint density at radius 2 is 2.16 bits per heavy atom. The number of carbonyl (C=O) groups excluding carboxylic acids is 2. The van der Waals surface area contributed by atoms with E-state index in [0.29, 0.717) is 11.3 Å². The van der Waals surface area contributed by atoms with Crippen LogP contribution in [-0.4, -0.2) is 42.4 Å². The van der Waals surface area contributed by atoms with Gasteiger partial charge >= 0.3 is 0 Å². The Bertz CT molecular complexity index is 463. The van der Waals surface area contributed by atoms with Gasteiger partial charge in [0.25, 0.3) is 5.91 Å². The van der Waals surface area contributed by atoms with Crippen molar-refractivity contribution in [2.45, 2.75) is 25.8 Å². The molecular formula is C13H19N3O3. The molecule has 1 aliphatic heterocycles. The van der Waals surface area contributed by atoms with Crippen LogP contribution in [0, 0.1) is 6.92 Å². The van der Waals surface area contributed by atoms with Crippen LogP contribution in [0.5, 0.6) is 0 Å². The average Bonchev–Trinajstić information content (AvgIpc) is 2.83. The molecule has 1 aliphatic rings. The fourth-order valence-corrected chi connectivity index (χ4v) is 2.37. The molecule has 2 rings (SSSR count). The molecule has 1 fully saturated rings. The Labute approximate surface area is 111 Å². The van der Waals surface area contributed by atoms with Gasteiger partial charge in [-0.15, -0.1) is 0 Å². The van der Waals surface area contributed by atoms with Gasteiger partial charge in [0, 0.05) is 6.04 Å². The topological polar surface area (TPSA) is 88.6 Å². The second-order valence-electron chi connectivity index (χ2n) is 4.83. The molecule has 0 saturated carbocycles. The summed E-state index contributed by atoms with van der Waals surface area (Å²) in [5.74, 6) is -0.0117. The van der Waals surface area contributed by atoms with Crippen molar-refractivity contribution in [3.63, 3.8) is 0 Å². The predicted octanol–water partition coefficient (Wildman–Crippen LogP) is 0.268. The molecule has 0 spiro atoms. The smallest absolute Gasteiger partial charge is 0.257 e. The fraction of sp³-hybridized carbons (Fsp3) is 0.538. The van der Waals surface area contributed by atoms with Gasteiger partial charge in [-0.1, -0.05) is 0 Å². The first-order valence-corrected chi connectivity index (χ1v) is 6.43.